The first kappa shape index (κ1) is 34.2. The van der Waals surface area contributed by atoms with Crippen LogP contribution in [0.15, 0.2) is 81.9 Å². The smallest absolute Gasteiger partial charge is 0.457 e. The molecular weight excluding hydrogens is 631 g/mol. The van der Waals surface area contributed by atoms with Gasteiger partial charge in [0.25, 0.3) is 10.1 Å². The minimum atomic E-state index is -4.70. The highest BCUT2D eigenvalue weighted by atomic mass is 32.2. The molecule has 0 aliphatic carbocycles. The van der Waals surface area contributed by atoms with Crippen LogP contribution in [0, 0.1) is 0 Å². The standard InChI is InChI=1S/C30H35O13PS/c1-19(2)27-25(40-29(31)42-27)16-37-44(33,38-17-26-28(20(3)4)43-30(32)41-26)24(18-45(34,35)36)14-13-21-9-8-12-23(15-21)39-22-10-6-5-7-11-22/h5-12,15,19-20,24H,13-14,16-18H2,1-4H3,(H,34,35,36). The summed E-state index contributed by atoms with van der Waals surface area (Å²) in [5, 5.41) is 0. The molecule has 0 amide bonds. The van der Waals surface area contributed by atoms with Gasteiger partial charge in [-0.3, -0.25) is 9.12 Å². The monoisotopic (exact) mass is 666 g/mol. The Balaban J connectivity index is 1.64. The molecule has 0 saturated carbocycles. The summed E-state index contributed by atoms with van der Waals surface area (Å²) < 4.78 is 86.3. The molecule has 0 radical (unpaired) electrons. The zero-order chi connectivity index (χ0) is 32.8. The lowest BCUT2D eigenvalue weighted by molar-refractivity contribution is 0.161. The molecule has 13 nitrogen and oxygen atoms in total. The SMILES string of the molecule is CC(C)c1oc(=O)oc1COP(=O)(OCc1oc(=O)oc1C(C)C)C(CCc1cccc(Oc2ccccc2)c1)CS(=O)(=O)O. The van der Waals surface area contributed by atoms with Crippen molar-refractivity contribution in [3.8, 4) is 11.5 Å². The van der Waals surface area contributed by atoms with Crippen LogP contribution in [0.2, 0.25) is 0 Å². The van der Waals surface area contributed by atoms with E-state index >= 15 is 0 Å². The van der Waals surface area contributed by atoms with Gasteiger partial charge in [-0.15, -0.1) is 0 Å². The fourth-order valence-corrected chi connectivity index (χ4v) is 8.05. The topological polar surface area (TPSA) is 186 Å². The van der Waals surface area contributed by atoms with Crippen molar-refractivity contribution < 1.29 is 49.0 Å². The first-order valence-electron chi connectivity index (χ1n) is 14.1. The quantitative estimate of drug-likeness (QED) is 0.0992. The van der Waals surface area contributed by atoms with Crippen molar-refractivity contribution in [1.82, 2.24) is 0 Å². The van der Waals surface area contributed by atoms with Crippen LogP contribution in [0.4, 0.5) is 0 Å². The van der Waals surface area contributed by atoms with E-state index in [2.05, 4.69) is 0 Å². The lowest BCUT2D eigenvalue weighted by Crippen LogP contribution is -2.24. The number of hydrogen-bond acceptors (Lipinski definition) is 12. The number of aryl methyl sites for hydroxylation is 1. The van der Waals surface area contributed by atoms with Gasteiger partial charge < -0.3 is 31.5 Å². The zero-order valence-corrected chi connectivity index (χ0v) is 26.9. The van der Waals surface area contributed by atoms with Gasteiger partial charge in [0.15, 0.2) is 23.0 Å². The van der Waals surface area contributed by atoms with Crippen molar-refractivity contribution in [3.63, 3.8) is 0 Å². The third kappa shape index (κ3) is 9.65. The maximum Gasteiger partial charge on any atom is 0.519 e. The summed E-state index contributed by atoms with van der Waals surface area (Å²) in [6.07, 6.45) is 0.0869. The van der Waals surface area contributed by atoms with Crippen molar-refractivity contribution in [1.29, 1.82) is 0 Å². The van der Waals surface area contributed by atoms with E-state index in [0.29, 0.717) is 17.1 Å². The summed E-state index contributed by atoms with van der Waals surface area (Å²) in [6, 6.07) is 16.1. The highest BCUT2D eigenvalue weighted by molar-refractivity contribution is 7.86. The van der Waals surface area contributed by atoms with E-state index in [9.17, 15) is 27.1 Å². The zero-order valence-electron chi connectivity index (χ0n) is 25.2. The van der Waals surface area contributed by atoms with E-state index in [1.54, 1.807) is 64.1 Å². The number of ether oxygens (including phenoxy) is 1. The summed E-state index contributed by atoms with van der Waals surface area (Å²) in [7, 11) is -9.22. The van der Waals surface area contributed by atoms with Gasteiger partial charge in [0.05, 0.1) is 11.4 Å². The molecule has 244 valence electrons. The minimum absolute atomic E-state index is 0.0621. The summed E-state index contributed by atoms with van der Waals surface area (Å²) >= 11 is 0. The average Bonchev–Trinajstić information content (AvgIpc) is 3.55. The summed E-state index contributed by atoms with van der Waals surface area (Å²) in [5.41, 5.74) is -0.699. The normalized spacial score (nSPS) is 13.0. The molecule has 2 aromatic carbocycles. The summed E-state index contributed by atoms with van der Waals surface area (Å²) in [5.74, 6) is -2.27. The van der Waals surface area contributed by atoms with E-state index in [-0.39, 0.29) is 47.7 Å². The third-order valence-electron chi connectivity index (χ3n) is 6.64. The van der Waals surface area contributed by atoms with Crippen LogP contribution in [-0.4, -0.2) is 24.4 Å². The van der Waals surface area contributed by atoms with Crippen LogP contribution in [0.5, 0.6) is 11.5 Å². The van der Waals surface area contributed by atoms with Crippen LogP contribution in [0.3, 0.4) is 0 Å². The van der Waals surface area contributed by atoms with Crippen LogP contribution >= 0.6 is 7.60 Å². The summed E-state index contributed by atoms with van der Waals surface area (Å²) in [4.78, 5) is 23.6. The van der Waals surface area contributed by atoms with E-state index in [4.69, 9.17) is 31.5 Å². The molecule has 0 fully saturated rings. The van der Waals surface area contributed by atoms with Crippen molar-refractivity contribution in [3.05, 3.63) is 104 Å². The fourth-order valence-electron chi connectivity index (χ4n) is 4.56. The van der Waals surface area contributed by atoms with Gasteiger partial charge in [0.2, 0.25) is 0 Å². The maximum atomic E-state index is 14.5. The Hall–Kier alpha value is -3.68. The molecular formula is C30H35O13PS. The molecule has 1 unspecified atom stereocenters. The van der Waals surface area contributed by atoms with Gasteiger partial charge in [0.1, 0.15) is 24.7 Å². The minimum Gasteiger partial charge on any atom is -0.457 e. The molecule has 1 atom stereocenters. The lowest BCUT2D eigenvalue weighted by Gasteiger charge is -2.26. The average molecular weight is 667 g/mol. The van der Waals surface area contributed by atoms with Crippen LogP contribution in [0.1, 0.15) is 74.6 Å². The molecule has 1 N–H and O–H groups in total. The predicted octanol–water partition coefficient (Wildman–Crippen LogP) is 6.63. The van der Waals surface area contributed by atoms with Gasteiger partial charge in [-0.25, -0.2) is 9.59 Å². The van der Waals surface area contributed by atoms with Crippen LogP contribution in [-0.2, 0) is 43.4 Å². The van der Waals surface area contributed by atoms with E-state index in [0.717, 1.165) is 0 Å². The molecule has 0 saturated heterocycles. The molecule has 4 rings (SSSR count). The first-order chi connectivity index (χ1) is 21.2. The Bertz CT molecular complexity index is 1760. The Morgan fingerprint density at radius 3 is 1.82 bits per heavy atom. The fraction of sp³-hybridized carbons (Fsp3) is 0.400. The van der Waals surface area contributed by atoms with E-state index in [1.165, 1.54) is 0 Å². The molecule has 15 heteroatoms. The Kier molecular flexibility index (Phi) is 11.1. The first-order valence-corrected chi connectivity index (χ1v) is 17.4. The number of hydrogen-bond donors (Lipinski definition) is 1. The van der Waals surface area contributed by atoms with E-state index < -0.39 is 54.0 Å². The number of benzene rings is 2. The lowest BCUT2D eigenvalue weighted by atomic mass is 10.1. The van der Waals surface area contributed by atoms with Gasteiger partial charge in [-0.2, -0.15) is 8.42 Å². The van der Waals surface area contributed by atoms with Crippen molar-refractivity contribution in [2.45, 2.75) is 71.2 Å². The Morgan fingerprint density at radius 1 is 0.778 bits per heavy atom. The number of rotatable bonds is 16. The van der Waals surface area contributed by atoms with Gasteiger partial charge in [-0.05, 0) is 42.7 Å². The van der Waals surface area contributed by atoms with Gasteiger partial charge in [0, 0.05) is 11.8 Å². The Labute approximate surface area is 259 Å². The molecule has 4 aromatic rings. The highest BCUT2D eigenvalue weighted by Crippen LogP contribution is 2.56. The second-order valence-corrected chi connectivity index (χ2v) is 14.7. The largest absolute Gasteiger partial charge is 0.519 e. The second kappa shape index (κ2) is 14.6. The highest BCUT2D eigenvalue weighted by Gasteiger charge is 2.40. The molecule has 45 heavy (non-hydrogen) atoms. The Morgan fingerprint density at radius 2 is 1.31 bits per heavy atom. The molecule has 2 aromatic heterocycles. The van der Waals surface area contributed by atoms with Crippen molar-refractivity contribution in [2.75, 3.05) is 5.75 Å². The summed E-state index contributed by atoms with van der Waals surface area (Å²) in [6.45, 7) is 5.78. The third-order valence-corrected chi connectivity index (χ3v) is 10.0. The van der Waals surface area contributed by atoms with E-state index in [1.807, 2.05) is 18.2 Å². The molecule has 0 bridgehead atoms. The predicted molar refractivity (Wildman–Crippen MR) is 161 cm³/mol. The van der Waals surface area contributed by atoms with Gasteiger partial charge >= 0.3 is 19.2 Å². The van der Waals surface area contributed by atoms with Crippen molar-refractivity contribution >= 4 is 17.7 Å². The molecule has 0 spiro atoms. The molecule has 0 aliphatic rings. The number of para-hydroxylation sites is 1. The molecule has 2 heterocycles. The maximum absolute atomic E-state index is 14.5. The van der Waals surface area contributed by atoms with Crippen LogP contribution in [0.25, 0.3) is 0 Å². The van der Waals surface area contributed by atoms with Gasteiger partial charge in [-0.1, -0.05) is 58.0 Å². The second-order valence-electron chi connectivity index (χ2n) is 10.9. The molecule has 0 aliphatic heterocycles. The van der Waals surface area contributed by atoms with Crippen molar-refractivity contribution in [2.24, 2.45) is 0 Å². The van der Waals surface area contributed by atoms with Crippen LogP contribution < -0.4 is 16.4 Å².